The summed E-state index contributed by atoms with van der Waals surface area (Å²) in [7, 11) is 1.13. The lowest BCUT2D eigenvalue weighted by Gasteiger charge is -2.04. The normalized spacial score (nSPS) is 11.1. The Kier molecular flexibility index (Phi) is 7.63. The van der Waals surface area contributed by atoms with Crippen LogP contribution in [-0.4, -0.2) is 39.6 Å². The molecule has 2 N–H and O–H groups in total. The van der Waals surface area contributed by atoms with Crippen molar-refractivity contribution >= 4 is 44.9 Å². The van der Waals surface area contributed by atoms with E-state index in [1.54, 1.807) is 19.6 Å². The number of oxazole rings is 1. The Bertz CT molecular complexity index is 928. The van der Waals surface area contributed by atoms with E-state index in [1.165, 1.54) is 0 Å². The van der Waals surface area contributed by atoms with E-state index in [1.807, 2.05) is 55.5 Å². The number of nitrogens with one attached hydrogen (secondary N) is 2. The van der Waals surface area contributed by atoms with Crippen molar-refractivity contribution in [2.24, 2.45) is 5.10 Å². The minimum atomic E-state index is -0.611. The quantitative estimate of drug-likeness (QED) is 0.398. The first-order valence-corrected chi connectivity index (χ1v) is 10.5. The van der Waals surface area contributed by atoms with Crippen LogP contribution in [0.15, 0.2) is 58.0 Å². The predicted octanol–water partition coefficient (Wildman–Crippen LogP) is 3.31. The van der Waals surface area contributed by atoms with Gasteiger partial charge in [-0.15, -0.1) is 0 Å². The summed E-state index contributed by atoms with van der Waals surface area (Å²) in [5.41, 5.74) is 7.18. The smallest absolute Gasteiger partial charge is 0.227 e. The van der Waals surface area contributed by atoms with E-state index in [9.17, 15) is 4.21 Å². The van der Waals surface area contributed by atoms with Gasteiger partial charge in [0.1, 0.15) is 5.52 Å². The summed E-state index contributed by atoms with van der Waals surface area (Å²) in [6.07, 6.45) is 3.28. The van der Waals surface area contributed by atoms with Crippen LogP contribution < -0.4 is 10.7 Å². The van der Waals surface area contributed by atoms with Crippen LogP contribution in [-0.2, 0) is 10.8 Å². The second-order valence-electron chi connectivity index (χ2n) is 5.69. The highest BCUT2D eigenvalue weighted by molar-refractivity contribution is 7.83. The van der Waals surface area contributed by atoms with Crippen molar-refractivity contribution in [2.75, 3.05) is 19.6 Å². The average Bonchev–Trinajstić information content (AvgIpc) is 3.09. The molecule has 0 atom stereocenters. The second kappa shape index (κ2) is 9.94. The third-order valence-electron chi connectivity index (χ3n) is 3.40. The van der Waals surface area contributed by atoms with Gasteiger partial charge in [0.25, 0.3) is 0 Å². The standard InChI is InChI=1S/C17H16N4OS.C2H6OS/c1-11(20-21-17(23)18-2)12-7-9-13(10-8-12)16-19-14-5-3-4-6-15(14)22-16;1-4(2)3/h3-10H,1-2H3,(H2,18,21,23);1-2H3/b20-11+;. The van der Waals surface area contributed by atoms with Gasteiger partial charge in [0.15, 0.2) is 10.7 Å². The molecule has 0 unspecified atom stereocenters. The van der Waals surface area contributed by atoms with E-state index in [2.05, 4.69) is 20.8 Å². The summed E-state index contributed by atoms with van der Waals surface area (Å²) < 4.78 is 15.3. The molecular weight excluding hydrogens is 380 g/mol. The van der Waals surface area contributed by atoms with Gasteiger partial charge in [-0.25, -0.2) is 4.98 Å². The Balaban J connectivity index is 0.000000596. The number of hydrazone groups is 1. The number of benzene rings is 2. The topological polar surface area (TPSA) is 79.5 Å². The molecular formula is C19H22N4O2S2. The van der Waals surface area contributed by atoms with Gasteiger partial charge in [-0.3, -0.25) is 9.63 Å². The molecule has 3 rings (SSSR count). The van der Waals surface area contributed by atoms with Crippen LogP contribution in [0.3, 0.4) is 0 Å². The van der Waals surface area contributed by atoms with Gasteiger partial charge < -0.3 is 9.73 Å². The van der Waals surface area contributed by atoms with Gasteiger partial charge >= 0.3 is 0 Å². The number of para-hydroxylation sites is 2. The minimum Gasteiger partial charge on any atom is -0.436 e. The lowest BCUT2D eigenvalue weighted by molar-refractivity contribution is 0.620. The molecule has 0 spiro atoms. The summed E-state index contributed by atoms with van der Waals surface area (Å²) in [6.45, 7) is 1.92. The zero-order valence-corrected chi connectivity index (χ0v) is 17.3. The third kappa shape index (κ3) is 6.26. The highest BCUT2D eigenvalue weighted by atomic mass is 32.2. The van der Waals surface area contributed by atoms with Gasteiger partial charge in [-0.05, 0) is 49.0 Å². The zero-order valence-electron chi connectivity index (χ0n) is 15.6. The molecule has 0 radical (unpaired) electrons. The van der Waals surface area contributed by atoms with Crippen LogP contribution in [0.25, 0.3) is 22.6 Å². The maximum Gasteiger partial charge on any atom is 0.227 e. The first kappa shape index (κ1) is 20.7. The van der Waals surface area contributed by atoms with Crippen molar-refractivity contribution in [3.63, 3.8) is 0 Å². The molecule has 1 aromatic heterocycles. The predicted molar refractivity (Wildman–Crippen MR) is 116 cm³/mol. The lowest BCUT2D eigenvalue weighted by Crippen LogP contribution is -2.29. The van der Waals surface area contributed by atoms with Crippen molar-refractivity contribution in [3.05, 3.63) is 54.1 Å². The van der Waals surface area contributed by atoms with Gasteiger partial charge in [-0.1, -0.05) is 24.3 Å². The van der Waals surface area contributed by atoms with Gasteiger partial charge in [0.05, 0.1) is 5.71 Å². The molecule has 0 fully saturated rings. The fourth-order valence-corrected chi connectivity index (χ4v) is 2.15. The Hall–Kier alpha value is -2.58. The first-order chi connectivity index (χ1) is 12.9. The Labute approximate surface area is 166 Å². The van der Waals surface area contributed by atoms with Crippen LogP contribution in [0.2, 0.25) is 0 Å². The van der Waals surface area contributed by atoms with Crippen LogP contribution in [0.4, 0.5) is 0 Å². The van der Waals surface area contributed by atoms with E-state index >= 15 is 0 Å². The molecule has 27 heavy (non-hydrogen) atoms. The van der Waals surface area contributed by atoms with Crippen molar-refractivity contribution in [3.8, 4) is 11.5 Å². The minimum absolute atomic E-state index is 0.479. The molecule has 0 saturated heterocycles. The largest absolute Gasteiger partial charge is 0.436 e. The highest BCUT2D eigenvalue weighted by Crippen LogP contribution is 2.24. The van der Waals surface area contributed by atoms with Crippen molar-refractivity contribution in [2.45, 2.75) is 6.92 Å². The first-order valence-electron chi connectivity index (χ1n) is 8.14. The van der Waals surface area contributed by atoms with Crippen LogP contribution in [0, 0.1) is 0 Å². The molecule has 1 heterocycles. The molecule has 3 aromatic rings. The van der Waals surface area contributed by atoms with Crippen LogP contribution >= 0.6 is 12.2 Å². The van der Waals surface area contributed by atoms with E-state index in [0.717, 1.165) is 27.9 Å². The maximum absolute atomic E-state index is 9.56. The number of nitrogens with zero attached hydrogens (tertiary/aromatic N) is 2. The summed E-state index contributed by atoms with van der Waals surface area (Å²) in [5.74, 6) is 0.613. The molecule has 0 amide bonds. The summed E-state index contributed by atoms with van der Waals surface area (Å²) >= 11 is 4.99. The zero-order chi connectivity index (χ0) is 19.8. The fourth-order valence-electron chi connectivity index (χ4n) is 2.10. The van der Waals surface area contributed by atoms with Crippen molar-refractivity contribution < 1.29 is 8.63 Å². The number of fused-ring (bicyclic) bond motifs is 1. The highest BCUT2D eigenvalue weighted by Gasteiger charge is 2.08. The molecule has 142 valence electrons. The third-order valence-corrected chi connectivity index (χ3v) is 3.69. The van der Waals surface area contributed by atoms with Gasteiger partial charge in [-0.2, -0.15) is 5.10 Å². The molecule has 0 aliphatic heterocycles. The maximum atomic E-state index is 9.56. The van der Waals surface area contributed by atoms with E-state index in [-0.39, 0.29) is 0 Å². The molecule has 0 saturated carbocycles. The van der Waals surface area contributed by atoms with E-state index < -0.39 is 10.8 Å². The molecule has 0 aliphatic carbocycles. The lowest BCUT2D eigenvalue weighted by atomic mass is 10.1. The van der Waals surface area contributed by atoms with Crippen molar-refractivity contribution in [1.82, 2.24) is 15.7 Å². The Morgan fingerprint density at radius 1 is 1.15 bits per heavy atom. The van der Waals surface area contributed by atoms with Gasteiger partial charge in [0, 0.05) is 35.9 Å². The summed E-state index contributed by atoms with van der Waals surface area (Å²) in [4.78, 5) is 4.49. The number of hydrogen-bond donors (Lipinski definition) is 2. The van der Waals surface area contributed by atoms with Crippen molar-refractivity contribution in [1.29, 1.82) is 0 Å². The molecule has 6 nitrogen and oxygen atoms in total. The summed E-state index contributed by atoms with van der Waals surface area (Å²) in [6, 6.07) is 15.6. The Morgan fingerprint density at radius 2 is 1.78 bits per heavy atom. The number of hydrogen-bond acceptors (Lipinski definition) is 5. The SMILES string of the molecule is CNC(=S)N/N=C(\C)c1ccc(-c2nc3ccccc3o2)cc1.CS(C)=O. The summed E-state index contributed by atoms with van der Waals surface area (Å²) in [5, 5.41) is 7.51. The molecule has 0 aliphatic rings. The average molecular weight is 403 g/mol. The van der Waals surface area contributed by atoms with E-state index in [4.69, 9.17) is 16.6 Å². The Morgan fingerprint density at radius 3 is 2.37 bits per heavy atom. The van der Waals surface area contributed by atoms with Gasteiger partial charge in [0.2, 0.25) is 5.89 Å². The number of aromatic nitrogens is 1. The number of rotatable bonds is 3. The monoisotopic (exact) mass is 402 g/mol. The molecule has 2 aromatic carbocycles. The molecule has 0 bridgehead atoms. The van der Waals surface area contributed by atoms with Crippen LogP contribution in [0.1, 0.15) is 12.5 Å². The van der Waals surface area contributed by atoms with E-state index in [0.29, 0.717) is 11.0 Å². The fraction of sp³-hybridized carbons (Fsp3) is 0.211. The van der Waals surface area contributed by atoms with Crippen LogP contribution in [0.5, 0.6) is 0 Å². The molecule has 8 heteroatoms. The number of thiocarbonyl (C=S) groups is 1. The second-order valence-corrected chi connectivity index (χ2v) is 7.59.